The van der Waals surface area contributed by atoms with Gasteiger partial charge in [-0.15, -0.1) is 11.8 Å². The molecule has 10 nitrogen and oxygen atoms in total. The fraction of sp³-hybridized carbons (Fsp3) is 0.167. The van der Waals surface area contributed by atoms with Gasteiger partial charge in [0.15, 0.2) is 0 Å². The molecule has 0 bridgehead atoms. The third kappa shape index (κ3) is 7.47. The molecule has 2 amide bonds. The first-order valence-corrected chi connectivity index (χ1v) is 15.7. The largest absolute Gasteiger partial charge is 0.495 e. The lowest BCUT2D eigenvalue weighted by molar-refractivity contribution is -0.125. The maximum atomic E-state index is 13.6. The molecule has 0 aliphatic rings. The van der Waals surface area contributed by atoms with Gasteiger partial charge in [0, 0.05) is 17.5 Å². The molecule has 0 fully saturated rings. The number of rotatable bonds is 11. The van der Waals surface area contributed by atoms with Crippen molar-refractivity contribution >= 4 is 40.9 Å². The molecule has 0 unspecified atom stereocenters. The van der Waals surface area contributed by atoms with Gasteiger partial charge in [-0.25, -0.2) is 9.48 Å². The maximum absolute atomic E-state index is 13.6. The van der Waals surface area contributed by atoms with Gasteiger partial charge in [0.1, 0.15) is 11.4 Å². The molecule has 0 saturated carbocycles. The van der Waals surface area contributed by atoms with Crippen molar-refractivity contribution in [3.05, 3.63) is 136 Å². The number of aryl methyl sites for hydroxylation is 1. The minimum absolute atomic E-state index is 0.0842. The van der Waals surface area contributed by atoms with Crippen LogP contribution >= 0.6 is 11.8 Å². The molecule has 1 aromatic heterocycles. The average Bonchev–Trinajstić information content (AvgIpc) is 3.29. The second kappa shape index (κ2) is 14.7. The summed E-state index contributed by atoms with van der Waals surface area (Å²) < 4.78 is 14.4. The smallest absolute Gasteiger partial charge is 0.340 e. The van der Waals surface area contributed by atoms with E-state index < -0.39 is 23.9 Å². The Kier molecular flexibility index (Phi) is 10.3. The topological polar surface area (TPSA) is 121 Å². The molecule has 2 N–H and O–H groups in total. The van der Waals surface area contributed by atoms with E-state index in [1.54, 1.807) is 85.4 Å². The SMILES string of the molecule is COc1ccc(C)cc1NC(=O)[C@@H](OC(=O)c1ccccc1SCC(=O)Nc1c(C)n(C)n(-c2ccccc2)c1=O)c1ccccc1. The fourth-order valence-corrected chi connectivity index (χ4v) is 5.82. The molecule has 5 rings (SSSR count). The highest BCUT2D eigenvalue weighted by molar-refractivity contribution is 8.00. The van der Waals surface area contributed by atoms with E-state index in [2.05, 4.69) is 10.6 Å². The number of hydrogen-bond donors (Lipinski definition) is 2. The molecule has 0 aliphatic heterocycles. The van der Waals surface area contributed by atoms with Gasteiger partial charge in [-0.3, -0.25) is 19.1 Å². The van der Waals surface area contributed by atoms with Gasteiger partial charge in [-0.05, 0) is 55.8 Å². The van der Waals surface area contributed by atoms with Crippen molar-refractivity contribution in [1.82, 2.24) is 9.36 Å². The number of carbonyl (C=O) groups excluding carboxylic acids is 3. The first-order chi connectivity index (χ1) is 22.7. The number of aromatic nitrogens is 2. The van der Waals surface area contributed by atoms with Gasteiger partial charge in [0.2, 0.25) is 12.0 Å². The molecule has 240 valence electrons. The molecule has 1 atom stereocenters. The highest BCUT2D eigenvalue weighted by atomic mass is 32.2. The van der Waals surface area contributed by atoms with Crippen molar-refractivity contribution in [3.8, 4) is 11.4 Å². The number of para-hydroxylation sites is 1. The molecule has 11 heteroatoms. The highest BCUT2D eigenvalue weighted by Gasteiger charge is 2.28. The van der Waals surface area contributed by atoms with Crippen LogP contribution in [0.5, 0.6) is 5.75 Å². The van der Waals surface area contributed by atoms with Crippen molar-refractivity contribution in [2.45, 2.75) is 24.8 Å². The number of nitrogens with zero attached hydrogens (tertiary/aromatic N) is 2. The Labute approximate surface area is 276 Å². The summed E-state index contributed by atoms with van der Waals surface area (Å²) in [6, 6.07) is 29.9. The third-order valence-corrected chi connectivity index (χ3v) is 8.54. The highest BCUT2D eigenvalue weighted by Crippen LogP contribution is 2.30. The van der Waals surface area contributed by atoms with E-state index in [-0.39, 0.29) is 22.6 Å². The van der Waals surface area contributed by atoms with Crippen molar-refractivity contribution in [3.63, 3.8) is 0 Å². The normalized spacial score (nSPS) is 11.4. The van der Waals surface area contributed by atoms with E-state index in [9.17, 15) is 19.2 Å². The van der Waals surface area contributed by atoms with Gasteiger partial charge in [-0.1, -0.05) is 66.7 Å². The van der Waals surface area contributed by atoms with E-state index in [0.29, 0.717) is 33.3 Å². The summed E-state index contributed by atoms with van der Waals surface area (Å²) in [5.41, 5.74) is 3.11. The Bertz CT molecular complexity index is 1970. The summed E-state index contributed by atoms with van der Waals surface area (Å²) in [6.45, 7) is 3.64. The van der Waals surface area contributed by atoms with Crippen LogP contribution in [0, 0.1) is 13.8 Å². The number of nitrogens with one attached hydrogen (secondary N) is 2. The molecule has 0 aliphatic carbocycles. The van der Waals surface area contributed by atoms with Crippen LogP contribution in [0.4, 0.5) is 11.4 Å². The van der Waals surface area contributed by atoms with Crippen molar-refractivity contribution in [2.75, 3.05) is 23.5 Å². The minimum Gasteiger partial charge on any atom is -0.495 e. The molecule has 0 saturated heterocycles. The predicted octanol–water partition coefficient (Wildman–Crippen LogP) is 6.07. The van der Waals surface area contributed by atoms with Gasteiger partial charge >= 0.3 is 5.97 Å². The number of carbonyl (C=O) groups is 3. The van der Waals surface area contributed by atoms with Crippen LogP contribution in [0.1, 0.15) is 33.3 Å². The third-order valence-electron chi connectivity index (χ3n) is 7.46. The number of ether oxygens (including phenoxy) is 2. The second-order valence-electron chi connectivity index (χ2n) is 10.7. The quantitative estimate of drug-likeness (QED) is 0.132. The van der Waals surface area contributed by atoms with Crippen LogP contribution in [-0.4, -0.2) is 40.0 Å². The van der Waals surface area contributed by atoms with Gasteiger partial charge in [-0.2, -0.15) is 0 Å². The Hall–Kier alpha value is -5.55. The van der Waals surface area contributed by atoms with Gasteiger partial charge < -0.3 is 20.1 Å². The first kappa shape index (κ1) is 32.8. The number of benzene rings is 4. The molecule has 1 heterocycles. The maximum Gasteiger partial charge on any atom is 0.340 e. The molecular formula is C36H34N4O6S. The van der Waals surface area contributed by atoms with E-state index >= 15 is 0 Å². The number of hydrogen-bond acceptors (Lipinski definition) is 7. The van der Waals surface area contributed by atoms with Crippen LogP contribution < -0.4 is 20.9 Å². The van der Waals surface area contributed by atoms with Crippen molar-refractivity contribution in [1.29, 1.82) is 0 Å². The van der Waals surface area contributed by atoms with Crippen LogP contribution in [0.25, 0.3) is 5.69 Å². The standard InChI is InChI=1S/C36H34N4O6S/c1-23-19-20-29(45-4)28(21-23)37-34(42)33(25-13-7-5-8-14-25)46-36(44)27-17-11-12-18-30(27)47-22-31(41)38-32-24(2)39(3)40(35(32)43)26-15-9-6-10-16-26/h5-21,33H,22H2,1-4H3,(H,37,42)(H,38,41)/t33-/m0/s1. The summed E-state index contributed by atoms with van der Waals surface area (Å²) in [4.78, 5) is 53.9. The molecule has 0 spiro atoms. The summed E-state index contributed by atoms with van der Waals surface area (Å²) in [5.74, 6) is -1.33. The number of anilines is 2. The Balaban J connectivity index is 1.32. The number of methoxy groups -OCH3 is 1. The van der Waals surface area contributed by atoms with Gasteiger partial charge in [0.25, 0.3) is 11.5 Å². The van der Waals surface area contributed by atoms with Crippen molar-refractivity contribution in [2.24, 2.45) is 7.05 Å². The van der Waals surface area contributed by atoms with E-state index in [1.807, 2.05) is 43.3 Å². The van der Waals surface area contributed by atoms with E-state index in [1.165, 1.54) is 11.8 Å². The van der Waals surface area contributed by atoms with E-state index in [4.69, 9.17) is 9.47 Å². The number of thioether (sulfide) groups is 1. The Morgan fingerprint density at radius 2 is 1.51 bits per heavy atom. The molecule has 0 radical (unpaired) electrons. The Morgan fingerprint density at radius 1 is 0.851 bits per heavy atom. The van der Waals surface area contributed by atoms with E-state index in [0.717, 1.165) is 17.3 Å². The number of esters is 1. The lowest BCUT2D eigenvalue weighted by atomic mass is 10.1. The lowest BCUT2D eigenvalue weighted by Gasteiger charge is -2.20. The molecule has 5 aromatic rings. The molecular weight excluding hydrogens is 616 g/mol. The summed E-state index contributed by atoms with van der Waals surface area (Å²) in [5, 5.41) is 5.57. The fourth-order valence-electron chi connectivity index (χ4n) is 4.98. The predicted molar refractivity (Wildman–Crippen MR) is 183 cm³/mol. The zero-order valence-corrected chi connectivity index (χ0v) is 27.2. The van der Waals surface area contributed by atoms with Crippen molar-refractivity contribution < 1.29 is 23.9 Å². The summed E-state index contributed by atoms with van der Waals surface area (Å²) >= 11 is 1.12. The number of amides is 2. The lowest BCUT2D eigenvalue weighted by Crippen LogP contribution is -2.26. The summed E-state index contributed by atoms with van der Waals surface area (Å²) in [7, 11) is 3.25. The zero-order chi connectivity index (χ0) is 33.5. The monoisotopic (exact) mass is 650 g/mol. The van der Waals surface area contributed by atoms with Crippen LogP contribution in [-0.2, 0) is 21.4 Å². The van der Waals surface area contributed by atoms with Crippen LogP contribution in [0.2, 0.25) is 0 Å². The first-order valence-electron chi connectivity index (χ1n) is 14.7. The average molecular weight is 651 g/mol. The van der Waals surface area contributed by atoms with Crippen LogP contribution in [0.15, 0.2) is 113 Å². The van der Waals surface area contributed by atoms with Crippen LogP contribution in [0.3, 0.4) is 0 Å². The minimum atomic E-state index is -1.27. The molecule has 47 heavy (non-hydrogen) atoms. The summed E-state index contributed by atoms with van der Waals surface area (Å²) in [6.07, 6.45) is -1.27. The molecule has 4 aromatic carbocycles. The Morgan fingerprint density at radius 3 is 2.21 bits per heavy atom. The van der Waals surface area contributed by atoms with Gasteiger partial charge in [0.05, 0.1) is 35.5 Å². The zero-order valence-electron chi connectivity index (χ0n) is 26.4. The second-order valence-corrected chi connectivity index (χ2v) is 11.7.